The first-order valence-corrected chi connectivity index (χ1v) is 5.32. The molecule has 1 aliphatic rings. The van der Waals surface area contributed by atoms with Crippen LogP contribution in [0, 0.1) is 0 Å². The average molecular weight is 263 g/mol. The Kier molecular flexibility index (Phi) is 1.89. The number of ether oxygens (including phenoxy) is 1. The summed E-state index contributed by atoms with van der Waals surface area (Å²) in [5.41, 5.74) is 0.944. The molecule has 74 valence electrons. The van der Waals surface area contributed by atoms with Crippen LogP contribution in [0.4, 0.5) is 11.5 Å². The van der Waals surface area contributed by atoms with Crippen LogP contribution in [0.25, 0.3) is 0 Å². The number of fused-ring (bicyclic) bond motifs is 2. The zero-order valence-electron chi connectivity index (χ0n) is 7.70. The molecule has 1 aromatic heterocycles. The molecule has 0 saturated heterocycles. The average Bonchev–Trinajstić information content (AvgIpc) is 2.26. The Morgan fingerprint density at radius 2 is 2.07 bits per heavy atom. The second-order valence-electron chi connectivity index (χ2n) is 3.22. The van der Waals surface area contributed by atoms with Gasteiger partial charge in [-0.25, -0.2) is 4.98 Å². The zero-order valence-corrected chi connectivity index (χ0v) is 9.28. The molecule has 0 spiro atoms. The van der Waals surface area contributed by atoms with Gasteiger partial charge in [0.1, 0.15) is 0 Å². The molecule has 0 amide bonds. The molecular formula is C11H7BrN2O. The predicted molar refractivity (Wildman–Crippen MR) is 61.7 cm³/mol. The van der Waals surface area contributed by atoms with E-state index in [1.165, 1.54) is 0 Å². The van der Waals surface area contributed by atoms with Gasteiger partial charge in [0.15, 0.2) is 17.3 Å². The standard InChI is InChI=1S/C11H7BrN2O/c12-7-5-10-11(13-6-7)14-8-3-1-2-4-9(8)15-10/h1-6H,(H,13,14). The summed E-state index contributed by atoms with van der Waals surface area (Å²) in [6, 6.07) is 9.68. The number of hydrogen-bond donors (Lipinski definition) is 1. The van der Waals surface area contributed by atoms with Crippen LogP contribution in [-0.2, 0) is 0 Å². The first-order valence-electron chi connectivity index (χ1n) is 4.52. The van der Waals surface area contributed by atoms with Crippen LogP contribution in [0.1, 0.15) is 0 Å². The molecule has 2 heterocycles. The fourth-order valence-corrected chi connectivity index (χ4v) is 1.81. The number of aromatic nitrogens is 1. The van der Waals surface area contributed by atoms with Gasteiger partial charge in [-0.3, -0.25) is 0 Å². The molecule has 0 fully saturated rings. The number of nitrogens with one attached hydrogen (secondary N) is 1. The van der Waals surface area contributed by atoms with Gasteiger partial charge in [0.05, 0.1) is 5.69 Å². The quantitative estimate of drug-likeness (QED) is 0.671. The van der Waals surface area contributed by atoms with Crippen molar-refractivity contribution in [3.05, 3.63) is 41.0 Å². The molecule has 0 aliphatic carbocycles. The van der Waals surface area contributed by atoms with E-state index in [0.717, 1.165) is 27.5 Å². The summed E-state index contributed by atoms with van der Waals surface area (Å²) in [6.07, 6.45) is 1.74. The van der Waals surface area contributed by atoms with E-state index in [1.54, 1.807) is 6.20 Å². The van der Waals surface area contributed by atoms with Crippen LogP contribution < -0.4 is 10.1 Å². The Hall–Kier alpha value is -1.55. The number of rotatable bonds is 0. The maximum absolute atomic E-state index is 5.70. The van der Waals surface area contributed by atoms with Gasteiger partial charge < -0.3 is 10.1 Å². The molecule has 1 aromatic carbocycles. The Labute approximate surface area is 95.2 Å². The molecule has 3 rings (SSSR count). The van der Waals surface area contributed by atoms with Crippen molar-refractivity contribution in [2.45, 2.75) is 0 Å². The molecule has 3 nitrogen and oxygen atoms in total. The number of benzene rings is 1. The van der Waals surface area contributed by atoms with E-state index in [4.69, 9.17) is 4.74 Å². The Morgan fingerprint density at radius 3 is 3.00 bits per heavy atom. The van der Waals surface area contributed by atoms with Crippen LogP contribution in [0.5, 0.6) is 11.5 Å². The molecule has 1 aliphatic heterocycles. The van der Waals surface area contributed by atoms with Crippen LogP contribution in [-0.4, -0.2) is 4.98 Å². The number of nitrogens with zero attached hydrogens (tertiary/aromatic N) is 1. The third kappa shape index (κ3) is 1.47. The molecule has 0 radical (unpaired) electrons. The highest BCUT2D eigenvalue weighted by atomic mass is 79.9. The third-order valence-electron chi connectivity index (χ3n) is 2.18. The number of pyridine rings is 1. The Bertz CT molecular complexity index is 528. The van der Waals surface area contributed by atoms with Crippen LogP contribution >= 0.6 is 15.9 Å². The van der Waals surface area contributed by atoms with Gasteiger partial charge in [0.2, 0.25) is 0 Å². The van der Waals surface area contributed by atoms with E-state index in [9.17, 15) is 0 Å². The molecule has 0 bridgehead atoms. The van der Waals surface area contributed by atoms with Crippen molar-refractivity contribution in [3.8, 4) is 11.5 Å². The van der Waals surface area contributed by atoms with E-state index in [0.29, 0.717) is 0 Å². The summed E-state index contributed by atoms with van der Waals surface area (Å²) in [4.78, 5) is 4.23. The van der Waals surface area contributed by atoms with Crippen molar-refractivity contribution >= 4 is 27.4 Å². The molecule has 2 aromatic rings. The Balaban J connectivity index is 2.11. The van der Waals surface area contributed by atoms with Crippen molar-refractivity contribution in [1.29, 1.82) is 0 Å². The number of para-hydroxylation sites is 2. The van der Waals surface area contributed by atoms with Gasteiger partial charge in [-0.05, 0) is 28.1 Å². The van der Waals surface area contributed by atoms with E-state index in [-0.39, 0.29) is 0 Å². The second kappa shape index (κ2) is 3.24. The summed E-state index contributed by atoms with van der Waals surface area (Å²) >= 11 is 3.36. The van der Waals surface area contributed by atoms with Gasteiger partial charge in [0.25, 0.3) is 0 Å². The largest absolute Gasteiger partial charge is 0.451 e. The summed E-state index contributed by atoms with van der Waals surface area (Å²) in [6.45, 7) is 0. The van der Waals surface area contributed by atoms with Crippen molar-refractivity contribution in [2.75, 3.05) is 5.32 Å². The lowest BCUT2D eigenvalue weighted by molar-refractivity contribution is 0.478. The molecule has 1 N–H and O–H groups in total. The highest BCUT2D eigenvalue weighted by Crippen LogP contribution is 2.41. The summed E-state index contributed by atoms with van der Waals surface area (Å²) in [5.74, 6) is 2.31. The minimum atomic E-state index is 0.739. The Morgan fingerprint density at radius 1 is 1.20 bits per heavy atom. The number of hydrogen-bond acceptors (Lipinski definition) is 3. The van der Waals surface area contributed by atoms with Gasteiger partial charge in [-0.15, -0.1) is 0 Å². The first kappa shape index (κ1) is 8.73. The predicted octanol–water partition coefficient (Wildman–Crippen LogP) is 3.69. The number of halogens is 1. The van der Waals surface area contributed by atoms with E-state index < -0.39 is 0 Å². The maximum atomic E-state index is 5.70. The zero-order chi connectivity index (χ0) is 10.3. The minimum Gasteiger partial charge on any atom is -0.451 e. The molecule has 0 saturated carbocycles. The highest BCUT2D eigenvalue weighted by Gasteiger charge is 2.16. The fraction of sp³-hybridized carbons (Fsp3) is 0. The molecule has 4 heteroatoms. The smallest absolute Gasteiger partial charge is 0.174 e. The summed E-state index contributed by atoms with van der Waals surface area (Å²) < 4.78 is 6.61. The van der Waals surface area contributed by atoms with Gasteiger partial charge in [0, 0.05) is 16.7 Å². The van der Waals surface area contributed by atoms with Crippen molar-refractivity contribution in [3.63, 3.8) is 0 Å². The minimum absolute atomic E-state index is 0.739. The molecule has 0 unspecified atom stereocenters. The van der Waals surface area contributed by atoms with Crippen LogP contribution in [0.2, 0.25) is 0 Å². The number of anilines is 2. The lowest BCUT2D eigenvalue weighted by Crippen LogP contribution is -2.04. The highest BCUT2D eigenvalue weighted by molar-refractivity contribution is 9.10. The maximum Gasteiger partial charge on any atom is 0.174 e. The van der Waals surface area contributed by atoms with Crippen molar-refractivity contribution in [1.82, 2.24) is 4.98 Å². The third-order valence-corrected chi connectivity index (χ3v) is 2.61. The van der Waals surface area contributed by atoms with Gasteiger partial charge in [-0.2, -0.15) is 0 Å². The molecular weight excluding hydrogens is 256 g/mol. The van der Waals surface area contributed by atoms with Gasteiger partial charge in [-0.1, -0.05) is 12.1 Å². The van der Waals surface area contributed by atoms with E-state index >= 15 is 0 Å². The lowest BCUT2D eigenvalue weighted by atomic mass is 10.2. The van der Waals surface area contributed by atoms with Gasteiger partial charge >= 0.3 is 0 Å². The molecule has 15 heavy (non-hydrogen) atoms. The second-order valence-corrected chi connectivity index (χ2v) is 4.14. The van der Waals surface area contributed by atoms with Crippen molar-refractivity contribution < 1.29 is 4.74 Å². The normalized spacial score (nSPS) is 12.1. The topological polar surface area (TPSA) is 34.1 Å². The van der Waals surface area contributed by atoms with Crippen LogP contribution in [0.15, 0.2) is 41.0 Å². The summed E-state index contributed by atoms with van der Waals surface area (Å²) in [5, 5.41) is 3.21. The van der Waals surface area contributed by atoms with Crippen LogP contribution in [0.3, 0.4) is 0 Å². The van der Waals surface area contributed by atoms with E-state index in [2.05, 4.69) is 26.2 Å². The fourth-order valence-electron chi connectivity index (χ4n) is 1.50. The monoisotopic (exact) mass is 262 g/mol. The summed E-state index contributed by atoms with van der Waals surface area (Å²) in [7, 11) is 0. The lowest BCUT2D eigenvalue weighted by Gasteiger charge is -2.20. The molecule has 0 atom stereocenters. The first-order chi connectivity index (χ1) is 7.33. The SMILES string of the molecule is Brc1cnc2c(c1)Oc1ccccc1N2. The van der Waals surface area contributed by atoms with Crippen molar-refractivity contribution in [2.24, 2.45) is 0 Å². The van der Waals surface area contributed by atoms with E-state index in [1.807, 2.05) is 30.3 Å².